The molecule has 0 saturated carbocycles. The first-order valence-corrected chi connectivity index (χ1v) is 14.8. The summed E-state index contributed by atoms with van der Waals surface area (Å²) in [5.74, 6) is 0.132. The van der Waals surface area contributed by atoms with Crippen LogP contribution in [0, 0.1) is 10.1 Å². The number of esters is 1. The molecule has 0 saturated heterocycles. The van der Waals surface area contributed by atoms with Gasteiger partial charge in [0.25, 0.3) is 11.2 Å². The minimum absolute atomic E-state index is 0.0244. The van der Waals surface area contributed by atoms with Crippen molar-refractivity contribution in [2.45, 2.75) is 26.4 Å². The maximum Gasteiger partial charge on any atom is 0.338 e. The van der Waals surface area contributed by atoms with Crippen molar-refractivity contribution in [1.82, 2.24) is 9.13 Å². The number of para-hydroxylation sites is 1. The van der Waals surface area contributed by atoms with Crippen molar-refractivity contribution < 1.29 is 19.2 Å². The zero-order chi connectivity index (χ0) is 31.0. The van der Waals surface area contributed by atoms with Crippen LogP contribution >= 0.6 is 11.3 Å². The monoisotopic (exact) mass is 608 g/mol. The number of ether oxygens (including phenoxy) is 2. The zero-order valence-corrected chi connectivity index (χ0v) is 25.0. The predicted molar refractivity (Wildman–Crippen MR) is 168 cm³/mol. The molecule has 3 aromatic carbocycles. The fraction of sp³-hybridized carbons (Fsp3) is 0.182. The van der Waals surface area contributed by atoms with Crippen LogP contribution in [0.15, 0.2) is 99.9 Å². The van der Waals surface area contributed by atoms with E-state index < -0.39 is 16.9 Å². The Bertz CT molecular complexity index is 2120. The Morgan fingerprint density at radius 2 is 1.82 bits per heavy atom. The summed E-state index contributed by atoms with van der Waals surface area (Å²) in [6.07, 6.45) is 1.84. The lowest BCUT2D eigenvalue weighted by molar-refractivity contribution is -0.384. The van der Waals surface area contributed by atoms with Crippen LogP contribution < -0.4 is 19.6 Å². The van der Waals surface area contributed by atoms with Gasteiger partial charge in [0.2, 0.25) is 0 Å². The number of nitrogens with zero attached hydrogens (tertiary/aromatic N) is 4. The normalized spacial score (nSPS) is 14.8. The topological polar surface area (TPSA) is 118 Å². The number of nitro benzene ring substituents is 1. The SMILES string of the molecule is CCOC(=O)C1=C(C)N=c2s/c(=C/c3cc4ccccc4n3Cc3ccc([N+](=O)[O-])cc3)c(=O)n2[C@@H]1c1ccc(OC)cc1. The van der Waals surface area contributed by atoms with Gasteiger partial charge in [-0.05, 0) is 55.3 Å². The summed E-state index contributed by atoms with van der Waals surface area (Å²) in [6, 6.07) is 22.9. The summed E-state index contributed by atoms with van der Waals surface area (Å²) in [5.41, 5.74) is 3.89. The number of methoxy groups -OCH3 is 1. The number of carbonyl (C=O) groups is 1. The van der Waals surface area contributed by atoms with Crippen LogP contribution in [0.25, 0.3) is 17.0 Å². The number of nitro groups is 1. The highest BCUT2D eigenvalue weighted by Gasteiger charge is 2.33. The largest absolute Gasteiger partial charge is 0.497 e. The second-order valence-electron chi connectivity index (χ2n) is 10.2. The summed E-state index contributed by atoms with van der Waals surface area (Å²) in [6.45, 7) is 4.12. The number of hydrogen-bond acceptors (Lipinski definition) is 8. The lowest BCUT2D eigenvalue weighted by Crippen LogP contribution is -2.40. The molecular weight excluding hydrogens is 580 g/mol. The van der Waals surface area contributed by atoms with Gasteiger partial charge in [-0.15, -0.1) is 0 Å². The van der Waals surface area contributed by atoms with Gasteiger partial charge in [-0.25, -0.2) is 9.79 Å². The summed E-state index contributed by atoms with van der Waals surface area (Å²) in [7, 11) is 1.58. The average molecular weight is 609 g/mol. The number of benzene rings is 3. The molecule has 44 heavy (non-hydrogen) atoms. The Morgan fingerprint density at radius 3 is 2.50 bits per heavy atom. The van der Waals surface area contributed by atoms with E-state index in [-0.39, 0.29) is 17.9 Å². The van der Waals surface area contributed by atoms with Gasteiger partial charge in [0.15, 0.2) is 4.80 Å². The van der Waals surface area contributed by atoms with Crippen molar-refractivity contribution in [3.8, 4) is 5.75 Å². The van der Waals surface area contributed by atoms with Crippen molar-refractivity contribution >= 4 is 40.0 Å². The fourth-order valence-corrected chi connectivity index (χ4v) is 6.49. The van der Waals surface area contributed by atoms with E-state index in [2.05, 4.69) is 9.56 Å². The highest BCUT2D eigenvalue weighted by atomic mass is 32.1. The molecule has 0 bridgehead atoms. The number of carbonyl (C=O) groups excluding carboxylic acids is 1. The highest BCUT2D eigenvalue weighted by molar-refractivity contribution is 7.07. The second kappa shape index (κ2) is 11.8. The zero-order valence-electron chi connectivity index (χ0n) is 24.2. The summed E-state index contributed by atoms with van der Waals surface area (Å²) >= 11 is 1.25. The summed E-state index contributed by atoms with van der Waals surface area (Å²) < 4.78 is 14.8. The minimum atomic E-state index is -0.732. The van der Waals surface area contributed by atoms with Crippen LogP contribution in [-0.4, -0.2) is 33.7 Å². The molecule has 0 spiro atoms. The number of aromatic nitrogens is 2. The predicted octanol–water partition coefficient (Wildman–Crippen LogP) is 4.72. The Kier molecular flexibility index (Phi) is 7.71. The van der Waals surface area contributed by atoms with Crippen LogP contribution in [-0.2, 0) is 16.1 Å². The van der Waals surface area contributed by atoms with Gasteiger partial charge in [0, 0.05) is 35.3 Å². The standard InChI is InChI=1S/C33H28N4O6S/c1-4-43-32(39)29-20(2)34-33-36(30(29)22-11-15-26(42-3)16-12-22)31(38)28(44-33)18-25-17-23-7-5-6-8-27(23)35(25)19-21-9-13-24(14-10-21)37(40)41/h5-18,30H,4,19H2,1-3H3/b28-18+/t30-/m1/s1. The van der Waals surface area contributed by atoms with Crippen LogP contribution in [0.2, 0.25) is 0 Å². The van der Waals surface area contributed by atoms with Crippen LogP contribution in [0.3, 0.4) is 0 Å². The van der Waals surface area contributed by atoms with Gasteiger partial charge >= 0.3 is 5.97 Å². The average Bonchev–Trinajstić information content (AvgIpc) is 3.52. The van der Waals surface area contributed by atoms with Crippen molar-refractivity contribution in [3.05, 3.63) is 137 Å². The maximum atomic E-state index is 14.2. The molecule has 0 unspecified atom stereocenters. The van der Waals surface area contributed by atoms with Gasteiger partial charge in [0.05, 0.1) is 40.5 Å². The number of rotatable bonds is 8. The third-order valence-electron chi connectivity index (χ3n) is 7.56. The van der Waals surface area contributed by atoms with Gasteiger partial charge in [-0.2, -0.15) is 0 Å². The van der Waals surface area contributed by atoms with Crippen molar-refractivity contribution in [1.29, 1.82) is 0 Å². The van der Waals surface area contributed by atoms with Crippen molar-refractivity contribution in [2.75, 3.05) is 13.7 Å². The minimum Gasteiger partial charge on any atom is -0.497 e. The molecule has 1 aliphatic rings. The van der Waals surface area contributed by atoms with Crippen molar-refractivity contribution in [2.24, 2.45) is 4.99 Å². The number of fused-ring (bicyclic) bond motifs is 2. The van der Waals surface area contributed by atoms with Crippen LogP contribution in [0.4, 0.5) is 5.69 Å². The number of non-ortho nitro benzene ring substituents is 1. The van der Waals surface area contributed by atoms with E-state index in [1.165, 1.54) is 23.5 Å². The summed E-state index contributed by atoms with van der Waals surface area (Å²) in [4.78, 5) is 43.2. The van der Waals surface area contributed by atoms with Gasteiger partial charge in [0.1, 0.15) is 5.75 Å². The van der Waals surface area contributed by atoms with E-state index in [0.717, 1.165) is 27.7 Å². The van der Waals surface area contributed by atoms with E-state index in [0.29, 0.717) is 32.9 Å². The van der Waals surface area contributed by atoms with Gasteiger partial charge < -0.3 is 14.0 Å². The van der Waals surface area contributed by atoms with E-state index in [4.69, 9.17) is 9.47 Å². The van der Waals surface area contributed by atoms with Crippen LogP contribution in [0.1, 0.15) is 36.7 Å². The number of hydrogen-bond donors (Lipinski definition) is 0. The first-order valence-electron chi connectivity index (χ1n) is 13.9. The maximum absolute atomic E-state index is 14.2. The molecule has 6 rings (SSSR count). The number of thiazole rings is 1. The third kappa shape index (κ3) is 5.22. The van der Waals surface area contributed by atoms with E-state index in [9.17, 15) is 19.7 Å². The third-order valence-corrected chi connectivity index (χ3v) is 8.54. The smallest absolute Gasteiger partial charge is 0.338 e. The molecule has 10 nitrogen and oxygen atoms in total. The van der Waals surface area contributed by atoms with Crippen molar-refractivity contribution in [3.63, 3.8) is 0 Å². The summed E-state index contributed by atoms with van der Waals surface area (Å²) in [5, 5.41) is 12.1. The highest BCUT2D eigenvalue weighted by Crippen LogP contribution is 2.32. The Balaban J connectivity index is 1.51. The molecule has 11 heteroatoms. The first kappa shape index (κ1) is 28.8. The Hall–Kier alpha value is -5.29. The van der Waals surface area contributed by atoms with E-state index in [1.807, 2.05) is 48.5 Å². The van der Waals surface area contributed by atoms with Gasteiger partial charge in [-0.3, -0.25) is 19.5 Å². The molecule has 222 valence electrons. The first-order chi connectivity index (χ1) is 21.3. The second-order valence-corrected chi connectivity index (χ2v) is 11.2. The molecule has 1 atom stereocenters. The molecule has 3 heterocycles. The molecule has 1 aliphatic heterocycles. The molecule has 0 N–H and O–H groups in total. The number of allylic oxidation sites excluding steroid dienone is 1. The molecule has 5 aromatic rings. The molecule has 0 aliphatic carbocycles. The van der Waals surface area contributed by atoms with Crippen LogP contribution in [0.5, 0.6) is 5.75 Å². The van der Waals surface area contributed by atoms with E-state index >= 15 is 0 Å². The molecule has 2 aromatic heterocycles. The molecule has 0 amide bonds. The fourth-order valence-electron chi connectivity index (χ4n) is 5.46. The molecule has 0 fully saturated rings. The Labute approximate surface area is 255 Å². The van der Waals surface area contributed by atoms with E-state index in [1.54, 1.807) is 49.8 Å². The molecular formula is C33H28N4O6S. The lowest BCUT2D eigenvalue weighted by Gasteiger charge is -2.24. The lowest BCUT2D eigenvalue weighted by atomic mass is 9.96. The quantitative estimate of drug-likeness (QED) is 0.143. The Morgan fingerprint density at radius 1 is 1.09 bits per heavy atom. The molecule has 0 radical (unpaired) electrons. The van der Waals surface area contributed by atoms with Gasteiger partial charge in [-0.1, -0.05) is 53.8 Å².